The molecular formula is C14H19N3O3S. The van der Waals surface area contributed by atoms with E-state index in [0.717, 1.165) is 17.7 Å². The summed E-state index contributed by atoms with van der Waals surface area (Å²) < 4.78 is 0. The fourth-order valence-electron chi connectivity index (χ4n) is 2.07. The zero-order valence-corrected chi connectivity index (χ0v) is 12.6. The fraction of sp³-hybridized carbons (Fsp3) is 0.500. The van der Waals surface area contributed by atoms with Gasteiger partial charge in [-0.15, -0.1) is 11.8 Å². The number of amides is 1. The van der Waals surface area contributed by atoms with Gasteiger partial charge in [-0.1, -0.05) is 0 Å². The molecule has 0 saturated heterocycles. The van der Waals surface area contributed by atoms with Gasteiger partial charge in [0.05, 0.1) is 10.2 Å². The van der Waals surface area contributed by atoms with Gasteiger partial charge >= 0.3 is 0 Å². The molecule has 1 aliphatic carbocycles. The van der Waals surface area contributed by atoms with E-state index < -0.39 is 4.92 Å². The van der Waals surface area contributed by atoms with Crippen molar-refractivity contribution in [2.75, 3.05) is 6.54 Å². The summed E-state index contributed by atoms with van der Waals surface area (Å²) >= 11 is 1.38. The predicted molar refractivity (Wildman–Crippen MR) is 82.1 cm³/mol. The number of nitro groups is 1. The smallest absolute Gasteiger partial charge is 0.269 e. The van der Waals surface area contributed by atoms with Crippen molar-refractivity contribution in [2.45, 2.75) is 36.0 Å². The molecule has 1 aromatic carbocycles. The SMILES string of the molecule is CC(Sc1ccc([N+](=O)[O-])cc1)C(=O)NC(CN)C1CC1. The summed E-state index contributed by atoms with van der Waals surface area (Å²) in [5.41, 5.74) is 5.72. The van der Waals surface area contributed by atoms with Crippen LogP contribution in [0.2, 0.25) is 0 Å². The number of non-ortho nitro benzene ring substituents is 1. The lowest BCUT2D eigenvalue weighted by molar-refractivity contribution is -0.384. The third kappa shape index (κ3) is 4.44. The van der Waals surface area contributed by atoms with E-state index in [-0.39, 0.29) is 22.9 Å². The van der Waals surface area contributed by atoms with Crippen molar-refractivity contribution in [3.63, 3.8) is 0 Å². The van der Waals surface area contributed by atoms with Crippen molar-refractivity contribution in [3.05, 3.63) is 34.4 Å². The van der Waals surface area contributed by atoms with Crippen LogP contribution in [-0.2, 0) is 4.79 Å². The minimum absolute atomic E-state index is 0.0410. The summed E-state index contributed by atoms with van der Waals surface area (Å²) in [7, 11) is 0. The molecule has 1 fully saturated rings. The van der Waals surface area contributed by atoms with Gasteiger partial charge in [-0.25, -0.2) is 0 Å². The second-order valence-electron chi connectivity index (χ2n) is 5.20. The molecule has 1 aliphatic rings. The lowest BCUT2D eigenvalue weighted by atomic mass is 10.2. The van der Waals surface area contributed by atoms with E-state index in [2.05, 4.69) is 5.32 Å². The first kappa shape index (κ1) is 15.8. The molecule has 0 aromatic heterocycles. The third-order valence-corrected chi connectivity index (χ3v) is 4.61. The average Bonchev–Trinajstić information content (AvgIpc) is 3.29. The van der Waals surface area contributed by atoms with Crippen molar-refractivity contribution in [2.24, 2.45) is 11.7 Å². The molecule has 7 heteroatoms. The van der Waals surface area contributed by atoms with Crippen molar-refractivity contribution in [1.29, 1.82) is 0 Å². The Morgan fingerprint density at radius 3 is 2.57 bits per heavy atom. The van der Waals surface area contributed by atoms with E-state index in [1.165, 1.54) is 23.9 Å². The number of nitrogens with one attached hydrogen (secondary N) is 1. The molecule has 1 aromatic rings. The van der Waals surface area contributed by atoms with Crippen LogP contribution in [0.3, 0.4) is 0 Å². The molecular weight excluding hydrogens is 290 g/mol. The predicted octanol–water partition coefficient (Wildman–Crippen LogP) is 1.93. The second-order valence-corrected chi connectivity index (χ2v) is 6.61. The molecule has 2 unspecified atom stereocenters. The minimum Gasteiger partial charge on any atom is -0.351 e. The van der Waals surface area contributed by atoms with E-state index in [0.29, 0.717) is 12.5 Å². The summed E-state index contributed by atoms with van der Waals surface area (Å²) in [5.74, 6) is 0.483. The number of nitro benzene ring substituents is 1. The largest absolute Gasteiger partial charge is 0.351 e. The van der Waals surface area contributed by atoms with E-state index in [9.17, 15) is 14.9 Å². The van der Waals surface area contributed by atoms with Gasteiger partial charge in [0.15, 0.2) is 0 Å². The standard InChI is InChI=1S/C14H19N3O3S/c1-9(14(18)16-13(8-15)10-2-3-10)21-12-6-4-11(5-7-12)17(19)20/h4-7,9-10,13H,2-3,8,15H2,1H3,(H,16,18). The second kappa shape index (κ2) is 6.91. The number of hydrogen-bond donors (Lipinski definition) is 2. The van der Waals surface area contributed by atoms with Gasteiger partial charge in [-0.05, 0) is 37.8 Å². The van der Waals surface area contributed by atoms with Crippen LogP contribution in [-0.4, -0.2) is 28.7 Å². The summed E-state index contributed by atoms with van der Waals surface area (Å²) in [6, 6.07) is 6.28. The zero-order chi connectivity index (χ0) is 15.4. The third-order valence-electron chi connectivity index (χ3n) is 3.50. The van der Waals surface area contributed by atoms with Crippen molar-refractivity contribution < 1.29 is 9.72 Å². The molecule has 0 bridgehead atoms. The van der Waals surface area contributed by atoms with Crippen LogP contribution in [0.1, 0.15) is 19.8 Å². The number of rotatable bonds is 7. The first-order chi connectivity index (χ1) is 10.0. The minimum atomic E-state index is -0.438. The highest BCUT2D eigenvalue weighted by molar-refractivity contribution is 8.00. The van der Waals surface area contributed by atoms with E-state index >= 15 is 0 Å². The zero-order valence-electron chi connectivity index (χ0n) is 11.8. The maximum atomic E-state index is 12.1. The van der Waals surface area contributed by atoms with Gasteiger partial charge in [0, 0.05) is 29.6 Å². The molecule has 2 rings (SSSR count). The number of nitrogens with zero attached hydrogens (tertiary/aromatic N) is 1. The molecule has 2 atom stereocenters. The number of nitrogens with two attached hydrogens (primary N) is 1. The van der Waals surface area contributed by atoms with Crippen LogP contribution < -0.4 is 11.1 Å². The van der Waals surface area contributed by atoms with Crippen LogP contribution in [0.25, 0.3) is 0 Å². The Morgan fingerprint density at radius 2 is 2.10 bits per heavy atom. The highest BCUT2D eigenvalue weighted by atomic mass is 32.2. The van der Waals surface area contributed by atoms with Crippen molar-refractivity contribution >= 4 is 23.4 Å². The molecule has 6 nitrogen and oxygen atoms in total. The number of benzene rings is 1. The van der Waals surface area contributed by atoms with Gasteiger partial charge in [0.25, 0.3) is 5.69 Å². The van der Waals surface area contributed by atoms with E-state index in [1.54, 1.807) is 12.1 Å². The molecule has 0 aliphatic heterocycles. The fourth-order valence-corrected chi connectivity index (χ4v) is 2.95. The topological polar surface area (TPSA) is 98.3 Å². The molecule has 21 heavy (non-hydrogen) atoms. The van der Waals surface area contributed by atoms with Crippen LogP contribution >= 0.6 is 11.8 Å². The monoisotopic (exact) mass is 309 g/mol. The van der Waals surface area contributed by atoms with Crippen molar-refractivity contribution in [3.8, 4) is 0 Å². The molecule has 0 spiro atoms. The Hall–Kier alpha value is -1.60. The van der Waals surface area contributed by atoms with Crippen LogP contribution in [0.5, 0.6) is 0 Å². The molecule has 0 heterocycles. The summed E-state index contributed by atoms with van der Waals surface area (Å²) in [4.78, 5) is 23.1. The first-order valence-corrected chi connectivity index (χ1v) is 7.80. The van der Waals surface area contributed by atoms with Gasteiger partial charge in [0.2, 0.25) is 5.91 Å². The van der Waals surface area contributed by atoms with E-state index in [4.69, 9.17) is 5.73 Å². The number of carbonyl (C=O) groups is 1. The molecule has 0 radical (unpaired) electrons. The Kier molecular flexibility index (Phi) is 5.19. The number of hydrogen-bond acceptors (Lipinski definition) is 5. The highest BCUT2D eigenvalue weighted by Gasteiger charge is 2.32. The first-order valence-electron chi connectivity index (χ1n) is 6.93. The van der Waals surface area contributed by atoms with E-state index in [1.807, 2.05) is 6.92 Å². The molecule has 1 saturated carbocycles. The Bertz CT molecular complexity index is 517. The maximum Gasteiger partial charge on any atom is 0.269 e. The Morgan fingerprint density at radius 1 is 1.48 bits per heavy atom. The Labute approximate surface area is 127 Å². The summed E-state index contributed by atoms with van der Waals surface area (Å²) in [5, 5.41) is 13.3. The van der Waals surface area contributed by atoms with Crippen LogP contribution in [0.15, 0.2) is 29.2 Å². The van der Waals surface area contributed by atoms with Crippen molar-refractivity contribution in [1.82, 2.24) is 5.32 Å². The van der Waals surface area contributed by atoms with Gasteiger partial charge in [-0.2, -0.15) is 0 Å². The lowest BCUT2D eigenvalue weighted by Crippen LogP contribution is -2.44. The Balaban J connectivity index is 1.88. The van der Waals surface area contributed by atoms with Gasteiger partial charge in [0.1, 0.15) is 0 Å². The van der Waals surface area contributed by atoms with Crippen LogP contribution in [0, 0.1) is 16.0 Å². The number of carbonyl (C=O) groups excluding carboxylic acids is 1. The summed E-state index contributed by atoms with van der Waals surface area (Å²) in [6.07, 6.45) is 2.26. The molecule has 1 amide bonds. The maximum absolute atomic E-state index is 12.1. The van der Waals surface area contributed by atoms with Gasteiger partial charge < -0.3 is 11.1 Å². The average molecular weight is 309 g/mol. The van der Waals surface area contributed by atoms with Crippen LogP contribution in [0.4, 0.5) is 5.69 Å². The highest BCUT2D eigenvalue weighted by Crippen LogP contribution is 2.32. The molecule has 114 valence electrons. The van der Waals surface area contributed by atoms with Gasteiger partial charge in [-0.3, -0.25) is 14.9 Å². The quantitative estimate of drug-likeness (QED) is 0.455. The summed E-state index contributed by atoms with van der Waals surface area (Å²) in [6.45, 7) is 2.28. The normalized spacial score (nSPS) is 17.0. The lowest BCUT2D eigenvalue weighted by Gasteiger charge is -2.19. The number of thioether (sulfide) groups is 1. The molecule has 3 N–H and O–H groups in total.